The number of morpholine rings is 1. The van der Waals surface area contributed by atoms with Crippen LogP contribution in [0.2, 0.25) is 0 Å². The predicted molar refractivity (Wildman–Crippen MR) is 70.4 cm³/mol. The second kappa shape index (κ2) is 5.85. The van der Waals surface area contributed by atoms with Crippen LogP contribution in [0.15, 0.2) is 12.1 Å². The molecule has 1 aromatic rings. The Kier molecular flexibility index (Phi) is 4.35. The quantitative estimate of drug-likeness (QED) is 0.894. The zero-order chi connectivity index (χ0) is 14.9. The van der Waals surface area contributed by atoms with Gasteiger partial charge in [0, 0.05) is 19.6 Å². The fraction of sp³-hybridized carbons (Fsp3) is 0.500. The first-order chi connectivity index (χ1) is 9.43. The highest BCUT2D eigenvalue weighted by Crippen LogP contribution is 2.20. The average Bonchev–Trinajstić information content (AvgIpc) is 2.42. The van der Waals surface area contributed by atoms with Crippen molar-refractivity contribution in [3.63, 3.8) is 0 Å². The first kappa shape index (κ1) is 14.9. The lowest BCUT2D eigenvalue weighted by molar-refractivity contribution is -0.0627. The van der Waals surface area contributed by atoms with Crippen molar-refractivity contribution >= 4 is 5.91 Å². The Hall–Kier alpha value is -1.53. The number of halogens is 2. The second-order valence-corrected chi connectivity index (χ2v) is 5.07. The number of carbonyl (C=O) groups is 1. The van der Waals surface area contributed by atoms with Crippen molar-refractivity contribution in [1.29, 1.82) is 0 Å². The molecular formula is C14H18F2N2O2. The van der Waals surface area contributed by atoms with E-state index in [4.69, 9.17) is 10.5 Å². The topological polar surface area (TPSA) is 55.6 Å². The van der Waals surface area contributed by atoms with E-state index < -0.39 is 23.1 Å². The number of benzene rings is 1. The van der Waals surface area contributed by atoms with E-state index in [0.29, 0.717) is 6.54 Å². The molecule has 2 N–H and O–H groups in total. The third kappa shape index (κ3) is 2.81. The van der Waals surface area contributed by atoms with Crippen LogP contribution in [0.1, 0.15) is 22.8 Å². The third-order valence-corrected chi connectivity index (χ3v) is 3.37. The van der Waals surface area contributed by atoms with Crippen LogP contribution >= 0.6 is 0 Å². The molecule has 1 heterocycles. The van der Waals surface area contributed by atoms with Gasteiger partial charge in [-0.1, -0.05) is 6.07 Å². The molecular weight excluding hydrogens is 266 g/mol. The van der Waals surface area contributed by atoms with Crippen molar-refractivity contribution in [2.75, 3.05) is 19.6 Å². The summed E-state index contributed by atoms with van der Waals surface area (Å²) >= 11 is 0. The van der Waals surface area contributed by atoms with Gasteiger partial charge >= 0.3 is 0 Å². The van der Waals surface area contributed by atoms with Crippen LogP contribution < -0.4 is 5.73 Å². The van der Waals surface area contributed by atoms with E-state index in [-0.39, 0.29) is 30.9 Å². The van der Waals surface area contributed by atoms with Crippen LogP contribution in [0.25, 0.3) is 0 Å². The Morgan fingerprint density at radius 1 is 1.45 bits per heavy atom. The smallest absolute Gasteiger partial charge is 0.260 e. The summed E-state index contributed by atoms with van der Waals surface area (Å²) in [5.74, 6) is -2.31. The number of hydrogen-bond acceptors (Lipinski definition) is 3. The Bertz CT molecular complexity index is 522. The molecule has 1 aliphatic rings. The summed E-state index contributed by atoms with van der Waals surface area (Å²) in [6.07, 6.45) is -0.518. The Labute approximate surface area is 116 Å². The minimum atomic E-state index is -0.846. The molecule has 20 heavy (non-hydrogen) atoms. The SMILES string of the molecule is Cc1ccc(F)c(C(=O)N2CC(C)OC(CN)C2)c1F. The molecule has 0 saturated carbocycles. The zero-order valence-corrected chi connectivity index (χ0v) is 11.5. The molecule has 2 unspecified atom stereocenters. The number of amides is 1. The molecule has 4 nitrogen and oxygen atoms in total. The van der Waals surface area contributed by atoms with Crippen LogP contribution in [-0.2, 0) is 4.74 Å². The molecule has 0 spiro atoms. The van der Waals surface area contributed by atoms with Crippen molar-refractivity contribution in [2.24, 2.45) is 5.73 Å². The van der Waals surface area contributed by atoms with Crippen LogP contribution in [0.3, 0.4) is 0 Å². The molecule has 2 rings (SSSR count). The highest BCUT2D eigenvalue weighted by atomic mass is 19.1. The molecule has 1 aromatic carbocycles. The molecule has 110 valence electrons. The lowest BCUT2D eigenvalue weighted by atomic mass is 10.1. The number of aryl methyl sites for hydroxylation is 1. The molecule has 6 heteroatoms. The van der Waals surface area contributed by atoms with E-state index in [1.165, 1.54) is 17.9 Å². The van der Waals surface area contributed by atoms with E-state index in [1.54, 1.807) is 6.92 Å². The molecule has 0 bridgehead atoms. The van der Waals surface area contributed by atoms with Gasteiger partial charge in [-0.3, -0.25) is 4.79 Å². The van der Waals surface area contributed by atoms with Gasteiger partial charge < -0.3 is 15.4 Å². The first-order valence-electron chi connectivity index (χ1n) is 6.53. The van der Waals surface area contributed by atoms with E-state index in [2.05, 4.69) is 0 Å². The molecule has 0 radical (unpaired) electrons. The lowest BCUT2D eigenvalue weighted by Gasteiger charge is -2.36. The normalized spacial score (nSPS) is 22.9. The zero-order valence-electron chi connectivity index (χ0n) is 11.5. The number of nitrogens with zero attached hydrogens (tertiary/aromatic N) is 1. The Morgan fingerprint density at radius 3 is 2.80 bits per heavy atom. The van der Waals surface area contributed by atoms with E-state index in [9.17, 15) is 13.6 Å². The molecule has 1 aliphatic heterocycles. The fourth-order valence-corrected chi connectivity index (χ4v) is 2.35. The minimum Gasteiger partial charge on any atom is -0.370 e. The summed E-state index contributed by atoms with van der Waals surface area (Å²) in [6, 6.07) is 2.42. The van der Waals surface area contributed by atoms with Crippen LogP contribution in [0.5, 0.6) is 0 Å². The van der Waals surface area contributed by atoms with Gasteiger partial charge in [0.15, 0.2) is 0 Å². The van der Waals surface area contributed by atoms with Crippen molar-refractivity contribution in [1.82, 2.24) is 4.90 Å². The number of nitrogens with two attached hydrogens (primary N) is 1. The average molecular weight is 284 g/mol. The maximum atomic E-state index is 14.0. The van der Waals surface area contributed by atoms with Crippen molar-refractivity contribution in [3.05, 3.63) is 34.9 Å². The largest absolute Gasteiger partial charge is 0.370 e. The number of ether oxygens (including phenoxy) is 1. The summed E-state index contributed by atoms with van der Waals surface area (Å²) in [6.45, 7) is 4.09. The van der Waals surface area contributed by atoms with Gasteiger partial charge in [0.25, 0.3) is 5.91 Å². The summed E-state index contributed by atoms with van der Waals surface area (Å²) in [4.78, 5) is 13.7. The number of rotatable bonds is 2. The summed E-state index contributed by atoms with van der Waals surface area (Å²) in [5, 5.41) is 0. The standard InChI is InChI=1S/C14H18F2N2O2/c1-8-3-4-11(15)12(13(8)16)14(19)18-6-9(2)20-10(5-17)7-18/h3-4,9-10H,5-7,17H2,1-2H3. The molecule has 1 fully saturated rings. The van der Waals surface area contributed by atoms with Crippen molar-refractivity contribution in [2.45, 2.75) is 26.1 Å². The highest BCUT2D eigenvalue weighted by molar-refractivity contribution is 5.95. The Morgan fingerprint density at radius 2 is 2.15 bits per heavy atom. The second-order valence-electron chi connectivity index (χ2n) is 5.07. The van der Waals surface area contributed by atoms with Gasteiger partial charge in [0.2, 0.25) is 0 Å². The summed E-state index contributed by atoms with van der Waals surface area (Å²) < 4.78 is 33.3. The van der Waals surface area contributed by atoms with E-state index >= 15 is 0 Å². The molecule has 0 aromatic heterocycles. The van der Waals surface area contributed by atoms with Crippen LogP contribution in [0, 0.1) is 18.6 Å². The molecule has 1 amide bonds. The van der Waals surface area contributed by atoms with Crippen LogP contribution in [-0.4, -0.2) is 42.6 Å². The molecule has 2 atom stereocenters. The fourth-order valence-electron chi connectivity index (χ4n) is 2.35. The molecule has 1 saturated heterocycles. The van der Waals surface area contributed by atoms with Gasteiger partial charge in [0.1, 0.15) is 17.2 Å². The number of carbonyl (C=O) groups excluding carboxylic acids is 1. The van der Waals surface area contributed by atoms with E-state index in [1.807, 2.05) is 0 Å². The number of hydrogen-bond donors (Lipinski definition) is 1. The van der Waals surface area contributed by atoms with Gasteiger partial charge in [-0.2, -0.15) is 0 Å². The van der Waals surface area contributed by atoms with Gasteiger partial charge in [-0.25, -0.2) is 8.78 Å². The first-order valence-corrected chi connectivity index (χ1v) is 6.53. The third-order valence-electron chi connectivity index (χ3n) is 3.37. The summed E-state index contributed by atoms with van der Waals surface area (Å²) in [7, 11) is 0. The lowest BCUT2D eigenvalue weighted by Crippen LogP contribution is -2.51. The highest BCUT2D eigenvalue weighted by Gasteiger charge is 2.31. The van der Waals surface area contributed by atoms with Gasteiger partial charge in [-0.05, 0) is 25.5 Å². The van der Waals surface area contributed by atoms with E-state index in [0.717, 1.165) is 6.07 Å². The minimum absolute atomic E-state index is 0.211. The van der Waals surface area contributed by atoms with Crippen molar-refractivity contribution < 1.29 is 18.3 Å². The Balaban J connectivity index is 2.29. The van der Waals surface area contributed by atoms with Crippen molar-refractivity contribution in [3.8, 4) is 0 Å². The maximum Gasteiger partial charge on any atom is 0.260 e. The van der Waals surface area contributed by atoms with Gasteiger partial charge in [0.05, 0.1) is 12.2 Å². The van der Waals surface area contributed by atoms with Gasteiger partial charge in [-0.15, -0.1) is 0 Å². The monoisotopic (exact) mass is 284 g/mol. The maximum absolute atomic E-state index is 14.0. The molecule has 0 aliphatic carbocycles. The summed E-state index contributed by atoms with van der Waals surface area (Å²) in [5.41, 5.74) is 5.28. The van der Waals surface area contributed by atoms with Crippen LogP contribution in [0.4, 0.5) is 8.78 Å². The predicted octanol–water partition coefficient (Wildman–Crippen LogP) is 1.46.